The Bertz CT molecular complexity index is 1540. The highest BCUT2D eigenvalue weighted by Gasteiger charge is 2.27. The molecule has 0 atom stereocenters. The summed E-state index contributed by atoms with van der Waals surface area (Å²) in [6.45, 7) is 2.40. The van der Waals surface area contributed by atoms with Crippen LogP contribution in [-0.2, 0) is 6.42 Å². The van der Waals surface area contributed by atoms with Crippen molar-refractivity contribution in [2.75, 3.05) is 40.3 Å². The number of amides is 2. The third-order valence-electron chi connectivity index (χ3n) is 7.59. The van der Waals surface area contributed by atoms with Crippen LogP contribution in [0.15, 0.2) is 73.2 Å². The van der Waals surface area contributed by atoms with E-state index in [2.05, 4.69) is 34.6 Å². The lowest BCUT2D eigenvalue weighted by Crippen LogP contribution is -2.39. The molecule has 1 N–H and O–H groups in total. The number of benzene rings is 2. The summed E-state index contributed by atoms with van der Waals surface area (Å²) in [4.78, 5) is 48.2. The van der Waals surface area contributed by atoms with E-state index in [9.17, 15) is 14.4 Å². The SMILES string of the molecule is CN(C)CCNC(=O)c1cn(C(=O)c2cccnc2)c2c(Cl)cc(C(=O)N3CCC(Cc4ccccc4)CC3)cc12. The lowest BCUT2D eigenvalue weighted by atomic mass is 9.90. The van der Waals surface area contributed by atoms with Gasteiger partial charge in [-0.2, -0.15) is 0 Å². The van der Waals surface area contributed by atoms with Crippen LogP contribution in [0.1, 0.15) is 49.5 Å². The molecule has 212 valence electrons. The standard InChI is InChI=1S/C32H34ClN5O3/c1-36(2)16-13-35-30(39)27-21-38(32(41)24-9-6-12-34-20-24)29-26(27)18-25(19-28(29)33)31(40)37-14-10-23(11-15-37)17-22-7-4-3-5-8-22/h3-9,12,18-21,23H,10-11,13-17H2,1-2H3,(H,35,39). The smallest absolute Gasteiger partial charge is 0.263 e. The molecule has 1 fully saturated rings. The Kier molecular flexibility index (Phi) is 8.81. The second kappa shape index (κ2) is 12.7. The number of carbonyl (C=O) groups is 3. The highest BCUT2D eigenvalue weighted by atomic mass is 35.5. The van der Waals surface area contributed by atoms with Gasteiger partial charge < -0.3 is 15.1 Å². The fraction of sp³-hybridized carbons (Fsp3) is 0.312. The van der Waals surface area contributed by atoms with Crippen LogP contribution in [0.25, 0.3) is 10.9 Å². The number of nitrogens with one attached hydrogen (secondary N) is 1. The summed E-state index contributed by atoms with van der Waals surface area (Å²) in [6, 6.07) is 17.1. The maximum atomic E-state index is 13.6. The Morgan fingerprint density at radius 1 is 1.00 bits per heavy atom. The van der Waals surface area contributed by atoms with Gasteiger partial charge in [-0.05, 0) is 69.1 Å². The van der Waals surface area contributed by atoms with Gasteiger partial charge in [0.2, 0.25) is 0 Å². The molecule has 0 unspecified atom stereocenters. The Balaban J connectivity index is 1.42. The van der Waals surface area contributed by atoms with Gasteiger partial charge in [-0.1, -0.05) is 41.9 Å². The predicted molar refractivity (Wildman–Crippen MR) is 161 cm³/mol. The van der Waals surface area contributed by atoms with Crippen molar-refractivity contribution in [1.29, 1.82) is 0 Å². The molecule has 5 rings (SSSR count). The average Bonchev–Trinajstić information content (AvgIpc) is 3.38. The van der Waals surface area contributed by atoms with Crippen molar-refractivity contribution in [1.82, 2.24) is 24.7 Å². The van der Waals surface area contributed by atoms with E-state index < -0.39 is 0 Å². The van der Waals surface area contributed by atoms with Gasteiger partial charge in [0.1, 0.15) is 0 Å². The molecule has 0 aliphatic carbocycles. The first-order valence-corrected chi connectivity index (χ1v) is 14.2. The summed E-state index contributed by atoms with van der Waals surface area (Å²) in [6.07, 6.45) is 7.41. The first kappa shape index (κ1) is 28.5. The predicted octanol–water partition coefficient (Wildman–Crippen LogP) is 4.76. The number of pyridine rings is 1. The molecule has 0 spiro atoms. The van der Waals surface area contributed by atoms with Crippen LogP contribution in [0.5, 0.6) is 0 Å². The second-order valence-corrected chi connectivity index (χ2v) is 11.2. The van der Waals surface area contributed by atoms with E-state index in [0.717, 1.165) is 19.3 Å². The van der Waals surface area contributed by atoms with Gasteiger partial charge in [-0.25, -0.2) is 0 Å². The molecule has 1 aliphatic heterocycles. The quantitative estimate of drug-likeness (QED) is 0.329. The molecule has 0 saturated carbocycles. The highest BCUT2D eigenvalue weighted by Crippen LogP contribution is 2.32. The fourth-order valence-electron chi connectivity index (χ4n) is 5.36. The molecule has 1 saturated heterocycles. The number of rotatable bonds is 8. The third kappa shape index (κ3) is 6.50. The number of hydrogen-bond donors (Lipinski definition) is 1. The molecule has 41 heavy (non-hydrogen) atoms. The van der Waals surface area contributed by atoms with Crippen molar-refractivity contribution in [2.24, 2.45) is 5.92 Å². The summed E-state index contributed by atoms with van der Waals surface area (Å²) in [7, 11) is 3.85. The number of piperidine rings is 1. The van der Waals surface area contributed by atoms with Gasteiger partial charge in [0.05, 0.1) is 21.7 Å². The topological polar surface area (TPSA) is 87.5 Å². The number of hydrogen-bond acceptors (Lipinski definition) is 5. The average molecular weight is 572 g/mol. The summed E-state index contributed by atoms with van der Waals surface area (Å²) in [5.41, 5.74) is 2.75. The van der Waals surface area contributed by atoms with E-state index in [1.807, 2.05) is 30.0 Å². The van der Waals surface area contributed by atoms with Gasteiger partial charge >= 0.3 is 0 Å². The maximum Gasteiger partial charge on any atom is 0.263 e. The van der Waals surface area contributed by atoms with Crippen molar-refractivity contribution in [3.63, 3.8) is 0 Å². The molecule has 1 aliphatic rings. The number of likely N-dealkylation sites (N-methyl/N-ethyl adjacent to an activating group) is 1. The van der Waals surface area contributed by atoms with Gasteiger partial charge in [0.15, 0.2) is 0 Å². The van der Waals surface area contributed by atoms with Crippen molar-refractivity contribution < 1.29 is 14.4 Å². The number of aromatic nitrogens is 2. The molecule has 0 radical (unpaired) electrons. The number of nitrogens with zero attached hydrogens (tertiary/aromatic N) is 4. The second-order valence-electron chi connectivity index (χ2n) is 10.8. The van der Waals surface area contributed by atoms with E-state index in [-0.39, 0.29) is 28.3 Å². The molecule has 4 aromatic rings. The Labute approximate surface area is 244 Å². The van der Waals surface area contributed by atoms with Crippen LogP contribution < -0.4 is 5.32 Å². The molecular formula is C32H34ClN5O3. The number of fused-ring (bicyclic) bond motifs is 1. The normalized spacial score (nSPS) is 14.0. The van der Waals surface area contributed by atoms with Gasteiger partial charge in [0, 0.05) is 55.7 Å². The van der Waals surface area contributed by atoms with Gasteiger partial charge in [0.25, 0.3) is 17.7 Å². The minimum absolute atomic E-state index is 0.128. The van der Waals surface area contributed by atoms with E-state index >= 15 is 0 Å². The Morgan fingerprint density at radius 3 is 2.44 bits per heavy atom. The largest absolute Gasteiger partial charge is 0.351 e. The molecule has 9 heteroatoms. The summed E-state index contributed by atoms with van der Waals surface area (Å²) in [5.74, 6) is -0.302. The Morgan fingerprint density at radius 2 is 1.76 bits per heavy atom. The fourth-order valence-corrected chi connectivity index (χ4v) is 5.67. The van der Waals surface area contributed by atoms with Crippen molar-refractivity contribution >= 4 is 40.2 Å². The van der Waals surface area contributed by atoms with Gasteiger partial charge in [-0.15, -0.1) is 0 Å². The zero-order valence-electron chi connectivity index (χ0n) is 23.3. The van der Waals surface area contributed by atoms with Crippen LogP contribution in [0, 0.1) is 5.92 Å². The van der Waals surface area contributed by atoms with Crippen molar-refractivity contribution in [3.05, 3.63) is 100 Å². The number of carbonyl (C=O) groups excluding carboxylic acids is 3. The molecular weight excluding hydrogens is 538 g/mol. The minimum atomic E-state index is -0.364. The number of likely N-dealkylation sites (tertiary alicyclic amines) is 1. The van der Waals surface area contributed by atoms with E-state index in [1.54, 1.807) is 30.5 Å². The van der Waals surface area contributed by atoms with Crippen LogP contribution in [-0.4, -0.2) is 77.3 Å². The third-order valence-corrected chi connectivity index (χ3v) is 7.87. The summed E-state index contributed by atoms with van der Waals surface area (Å²) in [5, 5.41) is 3.60. The van der Waals surface area contributed by atoms with Crippen LogP contribution in [0.2, 0.25) is 5.02 Å². The lowest BCUT2D eigenvalue weighted by Gasteiger charge is -2.32. The Hall–Kier alpha value is -4.01. The van der Waals surface area contributed by atoms with E-state index in [1.165, 1.54) is 22.5 Å². The minimum Gasteiger partial charge on any atom is -0.351 e. The van der Waals surface area contributed by atoms with Crippen LogP contribution in [0.3, 0.4) is 0 Å². The maximum absolute atomic E-state index is 13.6. The molecule has 2 aromatic carbocycles. The van der Waals surface area contributed by atoms with Crippen molar-refractivity contribution in [3.8, 4) is 0 Å². The molecule has 8 nitrogen and oxygen atoms in total. The van der Waals surface area contributed by atoms with Crippen LogP contribution >= 0.6 is 11.6 Å². The first-order valence-electron chi connectivity index (χ1n) is 13.9. The van der Waals surface area contributed by atoms with E-state index in [0.29, 0.717) is 54.1 Å². The molecule has 3 heterocycles. The first-order chi connectivity index (χ1) is 19.8. The summed E-state index contributed by atoms with van der Waals surface area (Å²) >= 11 is 6.76. The lowest BCUT2D eigenvalue weighted by molar-refractivity contribution is 0.0690. The van der Waals surface area contributed by atoms with E-state index in [4.69, 9.17) is 11.6 Å². The van der Waals surface area contributed by atoms with Crippen LogP contribution in [0.4, 0.5) is 0 Å². The summed E-state index contributed by atoms with van der Waals surface area (Å²) < 4.78 is 1.37. The molecule has 0 bridgehead atoms. The molecule has 2 aromatic heterocycles. The zero-order valence-corrected chi connectivity index (χ0v) is 24.1. The number of halogens is 1. The monoisotopic (exact) mass is 571 g/mol. The van der Waals surface area contributed by atoms with Crippen molar-refractivity contribution in [2.45, 2.75) is 19.3 Å². The molecule has 2 amide bonds. The highest BCUT2D eigenvalue weighted by molar-refractivity contribution is 6.37. The van der Waals surface area contributed by atoms with Gasteiger partial charge in [-0.3, -0.25) is 23.9 Å². The zero-order chi connectivity index (χ0) is 28.9.